The van der Waals surface area contributed by atoms with Crippen LogP contribution in [0.1, 0.15) is 191 Å². The van der Waals surface area contributed by atoms with Crippen LogP contribution in [0.4, 0.5) is 0 Å². The van der Waals surface area contributed by atoms with Crippen molar-refractivity contribution in [3.8, 4) is 0 Å². The number of carbonyl (C=O) groups excluding carboxylic acids is 2. The van der Waals surface area contributed by atoms with E-state index in [0.29, 0.717) is 42.9 Å². The molecule has 17 heteroatoms. The predicted molar refractivity (Wildman–Crippen MR) is 276 cm³/mol. The van der Waals surface area contributed by atoms with Crippen molar-refractivity contribution in [3.05, 3.63) is 12.7 Å². The number of carboxylic acids is 1. The van der Waals surface area contributed by atoms with Crippen LogP contribution in [0.3, 0.4) is 0 Å². The van der Waals surface area contributed by atoms with E-state index in [0.717, 1.165) is 38.4 Å². The van der Waals surface area contributed by atoms with Crippen LogP contribution < -0.4 is 22.1 Å². The van der Waals surface area contributed by atoms with Gasteiger partial charge in [-0.15, -0.1) is 6.58 Å². The van der Waals surface area contributed by atoms with Crippen LogP contribution in [0, 0.1) is 40.4 Å². The highest BCUT2D eigenvalue weighted by molar-refractivity contribution is 6.45. The SMILES string of the molecule is C.C.C=CC1CC(C)C(C)(C(=O)NC(C)(C)C)C1.CC1(C)O[B]OC1(C)C.CC1CC(CCB2OC(C)(C)C(C)(C)O2)CC1(C)C(=O)NC(C)(C)C.NC1CC(CCB(O)O)CC1(N)C(=O)O. The molecule has 67 heavy (non-hydrogen) atoms. The number of nitrogens with one attached hydrogen (secondary N) is 2. The number of hydrogen-bond acceptors (Lipinski definition) is 11. The molecule has 9 atom stereocenters. The monoisotopic (exact) mass is 950 g/mol. The highest BCUT2D eigenvalue weighted by Gasteiger charge is 2.53. The van der Waals surface area contributed by atoms with Crippen molar-refractivity contribution in [1.29, 1.82) is 0 Å². The maximum atomic E-state index is 12.8. The number of carboxylic acid groups (broad SMARTS) is 1. The topological polar surface area (TPSA) is 225 Å². The molecule has 9 unspecified atom stereocenters. The van der Waals surface area contributed by atoms with E-state index in [1.54, 1.807) is 0 Å². The van der Waals surface area contributed by atoms with Crippen LogP contribution in [-0.4, -0.2) is 99.9 Å². The molecule has 2 saturated heterocycles. The minimum absolute atomic E-state index is 0. The molecule has 0 aromatic carbocycles. The fourth-order valence-electron chi connectivity index (χ4n) is 9.32. The summed E-state index contributed by atoms with van der Waals surface area (Å²) in [7, 11) is -0.0607. The Balaban J connectivity index is 0.000000908. The second-order valence-electron chi connectivity index (χ2n) is 24.7. The summed E-state index contributed by atoms with van der Waals surface area (Å²) in [5, 5.41) is 32.6. The standard InChI is InChI=1S/C20H38BNO3.C14H25NO.C8H17BN2O4.C6H12BO2.2CH4/c1-14-12-15(13-20(14,9)16(23)22-17(2,3)4)10-11-21-24-18(5,6)19(7,8)25-21;1-7-11-8-10(2)14(6,9-11)12(16)15-13(3,4)5;10-6-3-5(1-2-9(14)15)4-8(6,11)7(12)13;1-5(2)6(3,4)9-7-8-5;;/h14-15H,10-13H2,1-9H3,(H,22,23);7,10-11H,1,8-9H2,2-6H3,(H,15,16);5-6,14-15H,1-4,10-11H2,(H,12,13);1-4H3;2*1H4. The molecule has 2 aliphatic heterocycles. The Morgan fingerprint density at radius 1 is 0.731 bits per heavy atom. The van der Waals surface area contributed by atoms with Crippen LogP contribution in [0.15, 0.2) is 12.7 Å². The Morgan fingerprint density at radius 3 is 1.49 bits per heavy atom. The molecule has 0 aromatic rings. The maximum Gasteiger partial charge on any atom is 0.488 e. The molecule has 0 spiro atoms. The summed E-state index contributed by atoms with van der Waals surface area (Å²) in [5.41, 5.74) is 8.29. The van der Waals surface area contributed by atoms with Gasteiger partial charge in [0.25, 0.3) is 0 Å². The fourth-order valence-corrected chi connectivity index (χ4v) is 9.32. The molecular formula is C50H100B3N4O10. The van der Waals surface area contributed by atoms with Gasteiger partial charge in [0.2, 0.25) is 11.8 Å². The average Bonchev–Trinajstić information content (AvgIpc) is 3.85. The largest absolute Gasteiger partial charge is 0.488 e. The number of hydrogen-bond donors (Lipinski definition) is 7. The number of allylic oxidation sites excluding steroid dienone is 1. The second kappa shape index (κ2) is 24.0. The lowest BCUT2D eigenvalue weighted by Gasteiger charge is -2.32. The first-order valence-corrected chi connectivity index (χ1v) is 24.1. The number of amides is 2. The van der Waals surface area contributed by atoms with Crippen molar-refractivity contribution in [1.82, 2.24) is 10.6 Å². The van der Waals surface area contributed by atoms with Gasteiger partial charge in [0.15, 0.2) is 0 Å². The third-order valence-electron chi connectivity index (χ3n) is 15.6. The summed E-state index contributed by atoms with van der Waals surface area (Å²) in [6.45, 7) is 41.1. The van der Waals surface area contributed by atoms with Gasteiger partial charge in [0.1, 0.15) is 5.54 Å². The Bertz CT molecular complexity index is 1590. The van der Waals surface area contributed by atoms with Crippen molar-refractivity contribution < 1.29 is 48.2 Å². The summed E-state index contributed by atoms with van der Waals surface area (Å²) in [6, 6.07) is -0.559. The summed E-state index contributed by atoms with van der Waals surface area (Å²) in [4.78, 5) is 36.0. The van der Waals surface area contributed by atoms with Gasteiger partial charge in [0.05, 0.1) is 22.4 Å². The van der Waals surface area contributed by atoms with Crippen molar-refractivity contribution in [2.24, 2.45) is 51.9 Å². The van der Waals surface area contributed by atoms with Crippen molar-refractivity contribution in [3.63, 3.8) is 0 Å². The van der Waals surface area contributed by atoms with E-state index in [-0.39, 0.29) is 90.3 Å². The molecule has 3 saturated carbocycles. The first-order valence-electron chi connectivity index (χ1n) is 24.1. The molecule has 2 heterocycles. The summed E-state index contributed by atoms with van der Waals surface area (Å²) < 4.78 is 22.6. The van der Waals surface area contributed by atoms with Crippen LogP contribution in [-0.2, 0) is 33.0 Å². The number of rotatable bonds is 10. The van der Waals surface area contributed by atoms with Gasteiger partial charge < -0.3 is 55.9 Å². The Labute approximate surface area is 410 Å². The van der Waals surface area contributed by atoms with Crippen LogP contribution in [0.2, 0.25) is 12.6 Å². The van der Waals surface area contributed by atoms with E-state index >= 15 is 0 Å². The van der Waals surface area contributed by atoms with Crippen LogP contribution in [0.25, 0.3) is 0 Å². The first-order chi connectivity index (χ1) is 29.2. The highest BCUT2D eigenvalue weighted by Crippen LogP contribution is 2.50. The Hall–Kier alpha value is -1.98. The van der Waals surface area contributed by atoms with Gasteiger partial charge in [-0.2, -0.15) is 0 Å². The van der Waals surface area contributed by atoms with Crippen LogP contribution >= 0.6 is 0 Å². The molecule has 3 aliphatic carbocycles. The van der Waals surface area contributed by atoms with Gasteiger partial charge in [-0.1, -0.05) is 61.5 Å². The number of aliphatic carboxylic acids is 1. The molecule has 2 amide bonds. The molecule has 0 bridgehead atoms. The number of carbonyl (C=O) groups is 3. The molecule has 389 valence electrons. The zero-order chi connectivity index (χ0) is 50.6. The summed E-state index contributed by atoms with van der Waals surface area (Å²) in [6.07, 6.45) is 9.61. The van der Waals surface area contributed by atoms with Crippen molar-refractivity contribution in [2.75, 3.05) is 0 Å². The minimum Gasteiger partial charge on any atom is -0.480 e. The Morgan fingerprint density at radius 2 is 1.15 bits per heavy atom. The lowest BCUT2D eigenvalue weighted by molar-refractivity contribution is -0.143. The molecule has 5 fully saturated rings. The van der Waals surface area contributed by atoms with Crippen molar-refractivity contribution in [2.45, 2.75) is 249 Å². The highest BCUT2D eigenvalue weighted by atomic mass is 16.7. The maximum absolute atomic E-state index is 12.8. The molecule has 1 radical (unpaired) electrons. The molecule has 14 nitrogen and oxygen atoms in total. The molecular weight excluding hydrogens is 849 g/mol. The molecule has 9 N–H and O–H groups in total. The summed E-state index contributed by atoms with van der Waals surface area (Å²) >= 11 is 0. The van der Waals surface area contributed by atoms with Gasteiger partial charge in [-0.05, 0) is 178 Å². The normalized spacial score (nSPS) is 33.1. The Kier molecular flexibility index (Phi) is 23.3. The predicted octanol–water partition coefficient (Wildman–Crippen LogP) is 8.34. The minimum atomic E-state index is -1.36. The fraction of sp³-hybridized carbons (Fsp3) is 0.900. The van der Waals surface area contributed by atoms with Gasteiger partial charge >= 0.3 is 27.9 Å². The third-order valence-corrected chi connectivity index (χ3v) is 15.6. The quantitative estimate of drug-likeness (QED) is 0.0811. The van der Waals surface area contributed by atoms with Gasteiger partial charge in [-0.3, -0.25) is 14.4 Å². The van der Waals surface area contributed by atoms with Gasteiger partial charge in [0, 0.05) is 27.9 Å². The molecule has 0 aromatic heterocycles. The zero-order valence-corrected chi connectivity index (χ0v) is 43.9. The van der Waals surface area contributed by atoms with E-state index in [1.165, 1.54) is 7.69 Å². The first kappa shape index (κ1) is 65.0. The van der Waals surface area contributed by atoms with E-state index < -0.39 is 24.7 Å². The number of nitrogens with two attached hydrogens (primary N) is 2. The van der Waals surface area contributed by atoms with E-state index in [2.05, 4.69) is 72.6 Å². The smallest absolute Gasteiger partial charge is 0.480 e. The van der Waals surface area contributed by atoms with Crippen LogP contribution in [0.5, 0.6) is 0 Å². The van der Waals surface area contributed by atoms with E-state index in [9.17, 15) is 14.4 Å². The van der Waals surface area contributed by atoms with E-state index in [4.69, 9.17) is 45.2 Å². The molecule has 5 rings (SSSR count). The molecule has 5 aliphatic rings. The second-order valence-corrected chi connectivity index (χ2v) is 24.7. The summed E-state index contributed by atoms with van der Waals surface area (Å²) in [5.74, 6) is 1.25. The van der Waals surface area contributed by atoms with E-state index in [1.807, 2.05) is 75.3 Å². The zero-order valence-electron chi connectivity index (χ0n) is 43.9. The average molecular weight is 950 g/mol. The van der Waals surface area contributed by atoms with Gasteiger partial charge in [-0.25, -0.2) is 0 Å². The lowest BCUT2D eigenvalue weighted by atomic mass is 9.77. The van der Waals surface area contributed by atoms with Crippen molar-refractivity contribution >= 4 is 39.7 Å². The third kappa shape index (κ3) is 17.4. The lowest BCUT2D eigenvalue weighted by Crippen LogP contribution is -2.57.